The molecule has 1 aromatic heterocycles. The van der Waals surface area contributed by atoms with Gasteiger partial charge in [-0.05, 0) is 12.1 Å². The van der Waals surface area contributed by atoms with Crippen molar-refractivity contribution in [3.63, 3.8) is 0 Å². The van der Waals surface area contributed by atoms with Gasteiger partial charge in [0, 0.05) is 0 Å². The highest BCUT2D eigenvalue weighted by Gasteiger charge is 2.24. The topological polar surface area (TPSA) is 92.0 Å². The zero-order valence-corrected chi connectivity index (χ0v) is 10.4. The molecule has 0 saturated heterocycles. The van der Waals surface area contributed by atoms with E-state index in [0.29, 0.717) is 5.69 Å². The quantitative estimate of drug-likeness (QED) is 0.671. The number of aromatic amines is 1. The van der Waals surface area contributed by atoms with Gasteiger partial charge in [-0.1, -0.05) is 29.3 Å². The summed E-state index contributed by atoms with van der Waals surface area (Å²) in [6.45, 7) is -0.333. The number of halogens is 2. The van der Waals surface area contributed by atoms with Crippen LogP contribution < -0.4 is 0 Å². The Balaban J connectivity index is 2.67. The number of hydrogen-bond acceptors (Lipinski definition) is 4. The molecule has 0 aliphatic carbocycles. The smallest absolute Gasteiger partial charge is 0.297 e. The van der Waals surface area contributed by atoms with Crippen LogP contribution in [0.2, 0.25) is 10.0 Å². The van der Waals surface area contributed by atoms with Crippen molar-refractivity contribution >= 4 is 28.9 Å². The first kappa shape index (κ1) is 12.8. The molecule has 0 saturated carbocycles. The molecule has 2 rings (SSSR count). The van der Waals surface area contributed by atoms with E-state index in [1.165, 1.54) is 12.1 Å². The molecule has 18 heavy (non-hydrogen) atoms. The molecule has 0 amide bonds. The summed E-state index contributed by atoms with van der Waals surface area (Å²) in [5, 5.41) is 26.5. The number of H-pyrrole nitrogens is 1. The van der Waals surface area contributed by atoms with Crippen molar-refractivity contribution in [1.29, 1.82) is 0 Å². The second kappa shape index (κ2) is 4.93. The van der Waals surface area contributed by atoms with Crippen molar-refractivity contribution in [3.05, 3.63) is 44.1 Å². The summed E-state index contributed by atoms with van der Waals surface area (Å²) < 4.78 is 0. The molecule has 6 nitrogen and oxygen atoms in total. The summed E-state index contributed by atoms with van der Waals surface area (Å²) >= 11 is 11.8. The number of nitrogens with zero attached hydrogens (tertiary/aromatic N) is 2. The van der Waals surface area contributed by atoms with Gasteiger partial charge in [-0.3, -0.25) is 15.2 Å². The van der Waals surface area contributed by atoms with Gasteiger partial charge in [0.2, 0.25) is 0 Å². The summed E-state index contributed by atoms with van der Waals surface area (Å²) in [6, 6.07) is 4.47. The van der Waals surface area contributed by atoms with E-state index in [9.17, 15) is 10.1 Å². The van der Waals surface area contributed by atoms with Crippen LogP contribution in [0.25, 0.3) is 11.3 Å². The lowest BCUT2D eigenvalue weighted by molar-refractivity contribution is -0.384. The summed E-state index contributed by atoms with van der Waals surface area (Å²) in [4.78, 5) is 10.4. The second-order valence-corrected chi connectivity index (χ2v) is 4.20. The first-order chi connectivity index (χ1) is 8.56. The highest BCUT2D eigenvalue weighted by molar-refractivity contribution is 6.35. The van der Waals surface area contributed by atoms with Crippen LogP contribution >= 0.6 is 23.2 Å². The Kier molecular flexibility index (Phi) is 3.51. The van der Waals surface area contributed by atoms with Crippen molar-refractivity contribution < 1.29 is 10.0 Å². The highest BCUT2D eigenvalue weighted by Crippen LogP contribution is 2.38. The van der Waals surface area contributed by atoms with Crippen molar-refractivity contribution in [1.82, 2.24) is 10.2 Å². The minimum atomic E-state index is -0.596. The fraction of sp³-hybridized carbons (Fsp3) is 0.100. The standard InChI is InChI=1S/C10H7Cl2N3O3/c11-6-3-1-2-5(10(6)15(17)18)9-8(12)7(4-16)13-14-9/h1-3,16H,4H2,(H,13,14). The van der Waals surface area contributed by atoms with Gasteiger partial charge in [0.05, 0.1) is 27.8 Å². The van der Waals surface area contributed by atoms with Gasteiger partial charge in [0.1, 0.15) is 10.7 Å². The molecule has 0 unspecified atom stereocenters. The molecule has 0 aliphatic heterocycles. The lowest BCUT2D eigenvalue weighted by Gasteiger charge is -2.02. The number of rotatable bonds is 3. The van der Waals surface area contributed by atoms with Crippen molar-refractivity contribution in [2.45, 2.75) is 6.61 Å². The van der Waals surface area contributed by atoms with E-state index in [-0.39, 0.29) is 33.6 Å². The summed E-state index contributed by atoms with van der Waals surface area (Å²) in [6.07, 6.45) is 0. The fourth-order valence-electron chi connectivity index (χ4n) is 1.54. The number of benzene rings is 1. The van der Waals surface area contributed by atoms with Gasteiger partial charge in [-0.25, -0.2) is 0 Å². The van der Waals surface area contributed by atoms with E-state index in [4.69, 9.17) is 28.3 Å². The molecule has 0 bridgehead atoms. The van der Waals surface area contributed by atoms with Crippen molar-refractivity contribution in [2.24, 2.45) is 0 Å². The lowest BCUT2D eigenvalue weighted by Crippen LogP contribution is -1.93. The van der Waals surface area contributed by atoms with E-state index in [1.807, 2.05) is 0 Å². The van der Waals surface area contributed by atoms with Gasteiger partial charge < -0.3 is 5.11 Å². The minimum Gasteiger partial charge on any atom is -0.390 e. The summed E-state index contributed by atoms with van der Waals surface area (Å²) in [7, 11) is 0. The third kappa shape index (κ3) is 2.05. The molecular formula is C10H7Cl2N3O3. The van der Waals surface area contributed by atoms with E-state index in [2.05, 4.69) is 10.2 Å². The first-order valence-electron chi connectivity index (χ1n) is 4.83. The average molecular weight is 288 g/mol. The maximum atomic E-state index is 11.0. The van der Waals surface area contributed by atoms with Crippen molar-refractivity contribution in [3.8, 4) is 11.3 Å². The maximum absolute atomic E-state index is 11.0. The zero-order valence-electron chi connectivity index (χ0n) is 8.85. The molecule has 0 spiro atoms. The van der Waals surface area contributed by atoms with Crippen LogP contribution in [-0.2, 0) is 6.61 Å². The van der Waals surface area contributed by atoms with E-state index >= 15 is 0 Å². The third-order valence-electron chi connectivity index (χ3n) is 2.36. The third-order valence-corrected chi connectivity index (χ3v) is 3.07. The Morgan fingerprint density at radius 3 is 2.72 bits per heavy atom. The largest absolute Gasteiger partial charge is 0.390 e. The number of aromatic nitrogens is 2. The second-order valence-electron chi connectivity index (χ2n) is 3.42. The molecule has 0 radical (unpaired) electrons. The lowest BCUT2D eigenvalue weighted by atomic mass is 10.1. The normalized spacial score (nSPS) is 10.6. The number of nitro groups is 1. The molecule has 0 atom stereocenters. The Hall–Kier alpha value is -1.63. The summed E-state index contributed by atoms with van der Waals surface area (Å²) in [5.41, 5.74) is 0.418. The molecule has 8 heteroatoms. The number of aliphatic hydroxyl groups excluding tert-OH is 1. The van der Waals surface area contributed by atoms with Crippen LogP contribution in [0, 0.1) is 10.1 Å². The zero-order chi connectivity index (χ0) is 13.3. The van der Waals surface area contributed by atoms with E-state index < -0.39 is 4.92 Å². The summed E-state index contributed by atoms with van der Waals surface area (Å²) in [5.74, 6) is 0. The predicted octanol–water partition coefficient (Wildman–Crippen LogP) is 2.78. The Morgan fingerprint density at radius 2 is 2.17 bits per heavy atom. The molecular weight excluding hydrogens is 281 g/mol. The van der Waals surface area contributed by atoms with Gasteiger partial charge in [-0.15, -0.1) is 0 Å². The van der Waals surface area contributed by atoms with Gasteiger partial charge in [-0.2, -0.15) is 5.10 Å². The highest BCUT2D eigenvalue weighted by atomic mass is 35.5. The number of para-hydroxylation sites is 1. The van der Waals surface area contributed by atoms with Gasteiger partial charge >= 0.3 is 0 Å². The SMILES string of the molecule is O=[N+]([O-])c1c(Cl)cccc1-c1n[nH]c(CO)c1Cl. The number of aliphatic hydroxyl groups is 1. The van der Waals surface area contributed by atoms with Crippen LogP contribution in [0.1, 0.15) is 5.69 Å². The van der Waals surface area contributed by atoms with Crippen LogP contribution in [-0.4, -0.2) is 20.2 Å². The molecule has 0 aliphatic rings. The van der Waals surface area contributed by atoms with Crippen LogP contribution in [0.15, 0.2) is 18.2 Å². The van der Waals surface area contributed by atoms with E-state index in [1.54, 1.807) is 6.07 Å². The van der Waals surface area contributed by atoms with Crippen LogP contribution in [0.4, 0.5) is 5.69 Å². The Bertz CT molecular complexity index is 612. The van der Waals surface area contributed by atoms with Crippen LogP contribution in [0.3, 0.4) is 0 Å². The molecule has 1 aromatic carbocycles. The predicted molar refractivity (Wildman–Crippen MR) is 66.6 cm³/mol. The molecule has 1 heterocycles. The molecule has 94 valence electrons. The van der Waals surface area contributed by atoms with Crippen LogP contribution in [0.5, 0.6) is 0 Å². The molecule has 2 aromatic rings. The Labute approximate surface area is 111 Å². The fourth-order valence-corrected chi connectivity index (χ4v) is 2.03. The monoisotopic (exact) mass is 287 g/mol. The minimum absolute atomic E-state index is 0.00196. The first-order valence-corrected chi connectivity index (χ1v) is 5.58. The molecule has 0 fully saturated rings. The van der Waals surface area contributed by atoms with Gasteiger partial charge in [0.15, 0.2) is 0 Å². The average Bonchev–Trinajstić information content (AvgIpc) is 2.69. The maximum Gasteiger partial charge on any atom is 0.297 e. The van der Waals surface area contributed by atoms with Crippen molar-refractivity contribution in [2.75, 3.05) is 0 Å². The number of nitro benzene ring substituents is 1. The van der Waals surface area contributed by atoms with E-state index in [0.717, 1.165) is 0 Å². The van der Waals surface area contributed by atoms with Gasteiger partial charge in [0.25, 0.3) is 5.69 Å². The number of hydrogen-bond donors (Lipinski definition) is 2. The number of nitrogens with one attached hydrogen (secondary N) is 1. The molecule has 2 N–H and O–H groups in total. The Morgan fingerprint density at radius 1 is 1.44 bits per heavy atom.